The van der Waals surface area contributed by atoms with Gasteiger partial charge in [0.25, 0.3) is 0 Å². The highest BCUT2D eigenvalue weighted by molar-refractivity contribution is 5.75. The van der Waals surface area contributed by atoms with Crippen LogP contribution in [-0.2, 0) is 18.3 Å². The summed E-state index contributed by atoms with van der Waals surface area (Å²) in [6.07, 6.45) is 2.70. The molecular weight excluding hydrogens is 274 g/mol. The molecule has 0 fully saturated rings. The summed E-state index contributed by atoms with van der Waals surface area (Å²) in [7, 11) is 1.83. The predicted molar refractivity (Wildman–Crippen MR) is 76.7 cm³/mol. The van der Waals surface area contributed by atoms with Gasteiger partial charge >= 0.3 is 12.0 Å². The molecule has 118 valence electrons. The molecule has 8 nitrogen and oxygen atoms in total. The Morgan fingerprint density at radius 1 is 1.38 bits per heavy atom. The topological polar surface area (TPSA) is 109 Å². The average molecular weight is 297 g/mol. The van der Waals surface area contributed by atoms with E-state index in [1.54, 1.807) is 10.9 Å². The highest BCUT2D eigenvalue weighted by Gasteiger charge is 2.19. The van der Waals surface area contributed by atoms with Crippen LogP contribution in [0.1, 0.15) is 26.1 Å². The number of nitrogens with one attached hydrogen (secondary N) is 2. The lowest BCUT2D eigenvalue weighted by Crippen LogP contribution is -2.41. The van der Waals surface area contributed by atoms with E-state index in [1.165, 1.54) is 0 Å². The van der Waals surface area contributed by atoms with Crippen LogP contribution in [0.2, 0.25) is 0 Å². The Morgan fingerprint density at radius 2 is 2.10 bits per heavy atom. The zero-order chi connectivity index (χ0) is 15.8. The maximum Gasteiger partial charge on any atom is 0.314 e. The molecule has 21 heavy (non-hydrogen) atoms. The van der Waals surface area contributed by atoms with Gasteiger partial charge in [-0.15, -0.1) is 10.2 Å². The minimum absolute atomic E-state index is 0.128. The molecule has 0 spiro atoms. The van der Waals surface area contributed by atoms with Crippen molar-refractivity contribution in [3.63, 3.8) is 0 Å². The summed E-state index contributed by atoms with van der Waals surface area (Å²) in [5.41, 5.74) is 0. The number of carboxylic acid groups (broad SMARTS) is 1. The third-order valence-corrected chi connectivity index (χ3v) is 3.05. The van der Waals surface area contributed by atoms with Gasteiger partial charge in [-0.2, -0.15) is 0 Å². The van der Waals surface area contributed by atoms with Crippen LogP contribution >= 0.6 is 0 Å². The lowest BCUT2D eigenvalue weighted by atomic mass is 9.97. The number of carbonyl (C=O) groups is 2. The van der Waals surface area contributed by atoms with E-state index in [-0.39, 0.29) is 18.5 Å². The van der Waals surface area contributed by atoms with Crippen LogP contribution < -0.4 is 10.6 Å². The van der Waals surface area contributed by atoms with Crippen LogP contribution in [0.3, 0.4) is 0 Å². The number of rotatable bonds is 8. The molecule has 3 N–H and O–H groups in total. The molecule has 1 aromatic rings. The molecule has 8 heteroatoms. The Kier molecular flexibility index (Phi) is 6.64. The van der Waals surface area contributed by atoms with Crippen LogP contribution in [-0.4, -0.2) is 45.0 Å². The monoisotopic (exact) mass is 297 g/mol. The first-order valence-corrected chi connectivity index (χ1v) is 6.97. The summed E-state index contributed by atoms with van der Waals surface area (Å²) >= 11 is 0. The second-order valence-corrected chi connectivity index (χ2v) is 5.41. The van der Waals surface area contributed by atoms with Crippen molar-refractivity contribution in [2.24, 2.45) is 18.9 Å². The Hall–Kier alpha value is -2.12. The molecule has 1 atom stereocenters. The van der Waals surface area contributed by atoms with Crippen LogP contribution in [0.4, 0.5) is 4.79 Å². The summed E-state index contributed by atoms with van der Waals surface area (Å²) in [5.74, 6) is -0.400. The molecule has 0 aliphatic rings. The summed E-state index contributed by atoms with van der Waals surface area (Å²) < 4.78 is 1.78. The number of amides is 2. The number of hydrogen-bond acceptors (Lipinski definition) is 4. The lowest BCUT2D eigenvalue weighted by molar-refractivity contribution is -0.142. The molecule has 0 bridgehead atoms. The zero-order valence-corrected chi connectivity index (χ0v) is 12.7. The number of carboxylic acids is 1. The third kappa shape index (κ3) is 6.24. The Labute approximate surface area is 123 Å². The van der Waals surface area contributed by atoms with E-state index in [4.69, 9.17) is 5.11 Å². The first-order valence-electron chi connectivity index (χ1n) is 6.97. The van der Waals surface area contributed by atoms with Crippen molar-refractivity contribution >= 4 is 12.0 Å². The minimum atomic E-state index is -0.886. The number of urea groups is 1. The number of hydrogen-bond donors (Lipinski definition) is 3. The summed E-state index contributed by atoms with van der Waals surface area (Å²) in [6.45, 7) is 4.46. The quantitative estimate of drug-likeness (QED) is 0.643. The average Bonchev–Trinajstić information content (AvgIpc) is 2.79. The van der Waals surface area contributed by atoms with E-state index >= 15 is 0 Å². The Balaban J connectivity index is 2.26. The van der Waals surface area contributed by atoms with E-state index < -0.39 is 11.9 Å². The van der Waals surface area contributed by atoms with Crippen LogP contribution in [0.15, 0.2) is 6.33 Å². The van der Waals surface area contributed by atoms with Gasteiger partial charge in [-0.05, 0) is 12.3 Å². The Morgan fingerprint density at radius 3 is 2.62 bits per heavy atom. The number of carbonyl (C=O) groups excluding carboxylic acids is 1. The van der Waals surface area contributed by atoms with Gasteiger partial charge in [-0.3, -0.25) is 4.79 Å². The van der Waals surface area contributed by atoms with Crippen LogP contribution in [0, 0.1) is 11.8 Å². The molecule has 0 aromatic carbocycles. The van der Waals surface area contributed by atoms with Gasteiger partial charge < -0.3 is 20.3 Å². The van der Waals surface area contributed by atoms with E-state index in [2.05, 4.69) is 20.8 Å². The van der Waals surface area contributed by atoms with Gasteiger partial charge in [0.15, 0.2) is 0 Å². The van der Waals surface area contributed by atoms with Crippen molar-refractivity contribution in [3.8, 4) is 0 Å². The van der Waals surface area contributed by atoms with Gasteiger partial charge in [-0.25, -0.2) is 4.79 Å². The largest absolute Gasteiger partial charge is 0.481 e. The van der Waals surface area contributed by atoms with Crippen molar-refractivity contribution in [1.82, 2.24) is 25.4 Å². The molecule has 0 saturated heterocycles. The van der Waals surface area contributed by atoms with Crippen molar-refractivity contribution in [1.29, 1.82) is 0 Å². The number of nitrogens with zero attached hydrogens (tertiary/aromatic N) is 3. The summed E-state index contributed by atoms with van der Waals surface area (Å²) in [6, 6.07) is -0.368. The molecule has 1 rings (SSSR count). The fourth-order valence-electron chi connectivity index (χ4n) is 1.94. The SMILES string of the molecule is CC(C)CC(CNC(=O)NCCc1nncn1C)C(=O)O. The first-order chi connectivity index (χ1) is 9.90. The van der Waals surface area contributed by atoms with Gasteiger partial charge in [0.1, 0.15) is 12.2 Å². The van der Waals surface area contributed by atoms with Crippen molar-refractivity contribution < 1.29 is 14.7 Å². The van der Waals surface area contributed by atoms with E-state index in [1.807, 2.05) is 20.9 Å². The predicted octanol–water partition coefficient (Wildman–Crippen LogP) is 0.404. The standard InChI is InChI=1S/C13H23N5O3/c1-9(2)6-10(12(19)20)7-15-13(21)14-5-4-11-17-16-8-18(11)3/h8-10H,4-7H2,1-3H3,(H,19,20)(H2,14,15,21). The first kappa shape index (κ1) is 16.9. The van der Waals surface area contributed by atoms with Gasteiger partial charge in [0, 0.05) is 26.6 Å². The molecule has 0 aliphatic carbocycles. The lowest BCUT2D eigenvalue weighted by Gasteiger charge is -2.15. The molecule has 2 amide bonds. The second kappa shape index (κ2) is 8.23. The molecule has 0 saturated carbocycles. The summed E-state index contributed by atoms with van der Waals surface area (Å²) in [5, 5.41) is 22.0. The van der Waals surface area contributed by atoms with Crippen molar-refractivity contribution in [3.05, 3.63) is 12.2 Å². The fraction of sp³-hybridized carbons (Fsp3) is 0.692. The van der Waals surface area contributed by atoms with E-state index in [0.717, 1.165) is 5.82 Å². The van der Waals surface area contributed by atoms with Crippen LogP contribution in [0.5, 0.6) is 0 Å². The molecule has 0 aliphatic heterocycles. The summed E-state index contributed by atoms with van der Waals surface area (Å²) in [4.78, 5) is 22.7. The van der Waals surface area contributed by atoms with Gasteiger partial charge in [0.05, 0.1) is 5.92 Å². The smallest absolute Gasteiger partial charge is 0.314 e. The van der Waals surface area contributed by atoms with Gasteiger partial charge in [0.2, 0.25) is 0 Å². The molecule has 0 radical (unpaired) electrons. The highest BCUT2D eigenvalue weighted by Crippen LogP contribution is 2.10. The second-order valence-electron chi connectivity index (χ2n) is 5.41. The van der Waals surface area contributed by atoms with E-state index in [0.29, 0.717) is 19.4 Å². The molecule has 1 aromatic heterocycles. The molecular formula is C13H23N5O3. The van der Waals surface area contributed by atoms with Crippen molar-refractivity contribution in [2.75, 3.05) is 13.1 Å². The number of aliphatic carboxylic acids is 1. The fourth-order valence-corrected chi connectivity index (χ4v) is 1.94. The maximum absolute atomic E-state index is 11.6. The zero-order valence-electron chi connectivity index (χ0n) is 12.7. The van der Waals surface area contributed by atoms with Crippen molar-refractivity contribution in [2.45, 2.75) is 26.7 Å². The number of aromatic nitrogens is 3. The highest BCUT2D eigenvalue weighted by atomic mass is 16.4. The number of aryl methyl sites for hydroxylation is 1. The van der Waals surface area contributed by atoms with Crippen LogP contribution in [0.25, 0.3) is 0 Å². The Bertz CT molecular complexity index is 472. The maximum atomic E-state index is 11.6. The molecule has 1 heterocycles. The third-order valence-electron chi connectivity index (χ3n) is 3.05. The van der Waals surface area contributed by atoms with E-state index in [9.17, 15) is 9.59 Å². The molecule has 1 unspecified atom stereocenters. The minimum Gasteiger partial charge on any atom is -0.481 e. The normalized spacial score (nSPS) is 12.2. The van der Waals surface area contributed by atoms with Gasteiger partial charge in [-0.1, -0.05) is 13.8 Å².